The zero-order valence-electron chi connectivity index (χ0n) is 16.6. The van der Waals surface area contributed by atoms with Crippen molar-refractivity contribution in [2.75, 3.05) is 16.8 Å². The van der Waals surface area contributed by atoms with Crippen LogP contribution in [0.25, 0.3) is 0 Å². The Labute approximate surface area is 161 Å². The van der Waals surface area contributed by atoms with Gasteiger partial charge in [-0.05, 0) is 67.1 Å². The first-order valence-corrected chi connectivity index (χ1v) is 9.67. The molecule has 1 heterocycles. The van der Waals surface area contributed by atoms with Gasteiger partial charge < -0.3 is 10.2 Å². The first-order valence-electron chi connectivity index (χ1n) is 9.67. The van der Waals surface area contributed by atoms with Gasteiger partial charge in [-0.1, -0.05) is 32.0 Å². The van der Waals surface area contributed by atoms with E-state index in [-0.39, 0.29) is 24.2 Å². The van der Waals surface area contributed by atoms with Gasteiger partial charge in [0.05, 0.1) is 5.92 Å². The summed E-state index contributed by atoms with van der Waals surface area (Å²) in [5.41, 5.74) is 5.27. The molecule has 0 radical (unpaired) electrons. The molecule has 0 bridgehead atoms. The molecule has 2 atom stereocenters. The molecule has 2 aromatic rings. The number of benzene rings is 2. The maximum absolute atomic E-state index is 12.6. The van der Waals surface area contributed by atoms with Crippen molar-refractivity contribution < 1.29 is 9.59 Å². The molecule has 1 fully saturated rings. The van der Waals surface area contributed by atoms with Gasteiger partial charge in [-0.15, -0.1) is 0 Å². The molecular formula is C23H28N2O2. The minimum absolute atomic E-state index is 0.00511. The van der Waals surface area contributed by atoms with E-state index in [2.05, 4.69) is 31.3 Å². The molecule has 27 heavy (non-hydrogen) atoms. The summed E-state index contributed by atoms with van der Waals surface area (Å²) in [5, 5.41) is 2.96. The lowest BCUT2D eigenvalue weighted by Crippen LogP contribution is -2.28. The van der Waals surface area contributed by atoms with E-state index in [1.807, 2.05) is 44.2 Å². The van der Waals surface area contributed by atoms with Gasteiger partial charge in [0.15, 0.2) is 0 Å². The molecule has 3 rings (SSSR count). The number of nitrogens with zero attached hydrogens (tertiary/aromatic N) is 1. The minimum atomic E-state index is -0.326. The molecule has 2 aromatic carbocycles. The Morgan fingerprint density at radius 1 is 1.15 bits per heavy atom. The van der Waals surface area contributed by atoms with E-state index in [1.54, 1.807) is 4.90 Å². The van der Waals surface area contributed by atoms with Crippen LogP contribution in [0.3, 0.4) is 0 Å². The van der Waals surface area contributed by atoms with Gasteiger partial charge in [0.2, 0.25) is 11.8 Å². The molecule has 0 aromatic heterocycles. The largest absolute Gasteiger partial charge is 0.326 e. The minimum Gasteiger partial charge on any atom is -0.326 e. The summed E-state index contributed by atoms with van der Waals surface area (Å²) in [6.07, 6.45) is 1.34. The molecule has 0 spiro atoms. The molecule has 1 aliphatic rings. The highest BCUT2D eigenvalue weighted by atomic mass is 16.2. The van der Waals surface area contributed by atoms with Gasteiger partial charge in [0.25, 0.3) is 0 Å². The number of rotatable bonds is 5. The van der Waals surface area contributed by atoms with Crippen LogP contribution in [0, 0.1) is 19.8 Å². The zero-order chi connectivity index (χ0) is 19.6. The van der Waals surface area contributed by atoms with Crippen molar-refractivity contribution in [1.82, 2.24) is 0 Å². The van der Waals surface area contributed by atoms with Crippen LogP contribution in [0.5, 0.6) is 0 Å². The van der Waals surface area contributed by atoms with Crippen molar-refractivity contribution in [2.24, 2.45) is 5.92 Å². The standard InChI is InChI=1S/C23H28N2O2/c1-5-15(2)18-7-9-20(10-8-18)24-23(27)19-13-22(26)25(14-19)21-11-6-16(3)17(4)12-21/h6-12,15,19H,5,13-14H2,1-4H3,(H,24,27)/t15-,19-/m1/s1. The molecule has 0 saturated carbocycles. The van der Waals surface area contributed by atoms with Crippen molar-refractivity contribution in [3.8, 4) is 0 Å². The van der Waals surface area contributed by atoms with Crippen LogP contribution in [-0.2, 0) is 9.59 Å². The lowest BCUT2D eigenvalue weighted by Gasteiger charge is -2.18. The summed E-state index contributed by atoms with van der Waals surface area (Å²) in [6.45, 7) is 8.87. The number of amides is 2. The first-order chi connectivity index (χ1) is 12.9. The van der Waals surface area contributed by atoms with Crippen molar-refractivity contribution in [1.29, 1.82) is 0 Å². The Morgan fingerprint density at radius 3 is 2.48 bits per heavy atom. The normalized spacial score (nSPS) is 17.9. The number of carbonyl (C=O) groups excluding carboxylic acids is 2. The monoisotopic (exact) mass is 364 g/mol. The summed E-state index contributed by atoms with van der Waals surface area (Å²) >= 11 is 0. The second kappa shape index (κ2) is 7.95. The molecule has 1 saturated heterocycles. The molecule has 2 amide bonds. The maximum atomic E-state index is 12.6. The third-order valence-corrected chi connectivity index (χ3v) is 5.66. The highest BCUT2D eigenvalue weighted by Gasteiger charge is 2.35. The number of aryl methyl sites for hydroxylation is 2. The molecule has 1 N–H and O–H groups in total. The molecule has 0 aliphatic carbocycles. The van der Waals surface area contributed by atoms with Crippen LogP contribution in [0.2, 0.25) is 0 Å². The van der Waals surface area contributed by atoms with E-state index in [1.165, 1.54) is 11.1 Å². The Kier molecular flexibility index (Phi) is 5.64. The fourth-order valence-corrected chi connectivity index (χ4v) is 3.40. The van der Waals surface area contributed by atoms with Gasteiger partial charge in [-0.25, -0.2) is 0 Å². The highest BCUT2D eigenvalue weighted by molar-refractivity contribution is 6.03. The quantitative estimate of drug-likeness (QED) is 0.828. The third kappa shape index (κ3) is 4.21. The van der Waals surface area contributed by atoms with Gasteiger partial charge in [-0.2, -0.15) is 0 Å². The SMILES string of the molecule is CC[C@@H](C)c1ccc(NC(=O)[C@@H]2CC(=O)N(c3ccc(C)c(C)c3)C2)cc1. The number of hydrogen-bond donors (Lipinski definition) is 1. The topological polar surface area (TPSA) is 49.4 Å². The predicted octanol–water partition coefficient (Wildman–Crippen LogP) is 4.81. The van der Waals surface area contributed by atoms with Gasteiger partial charge >= 0.3 is 0 Å². The lowest BCUT2D eigenvalue weighted by atomic mass is 9.98. The van der Waals surface area contributed by atoms with Gasteiger partial charge in [0, 0.05) is 24.3 Å². The third-order valence-electron chi connectivity index (χ3n) is 5.66. The van der Waals surface area contributed by atoms with Crippen LogP contribution in [0.15, 0.2) is 42.5 Å². The first kappa shape index (κ1) is 19.2. The summed E-state index contributed by atoms with van der Waals surface area (Å²) < 4.78 is 0. The zero-order valence-corrected chi connectivity index (χ0v) is 16.6. The van der Waals surface area contributed by atoms with Gasteiger partial charge in [-0.3, -0.25) is 9.59 Å². The number of anilines is 2. The molecule has 4 heteroatoms. The second-order valence-corrected chi connectivity index (χ2v) is 7.59. The van der Waals surface area contributed by atoms with E-state index < -0.39 is 0 Å². The Morgan fingerprint density at radius 2 is 1.85 bits per heavy atom. The molecular weight excluding hydrogens is 336 g/mol. The van der Waals surface area contributed by atoms with Crippen molar-refractivity contribution in [3.63, 3.8) is 0 Å². The fourth-order valence-electron chi connectivity index (χ4n) is 3.40. The van der Waals surface area contributed by atoms with Gasteiger partial charge in [0.1, 0.15) is 0 Å². The van der Waals surface area contributed by atoms with Crippen molar-refractivity contribution >= 4 is 23.2 Å². The molecule has 1 aliphatic heterocycles. The summed E-state index contributed by atoms with van der Waals surface area (Å²) in [4.78, 5) is 26.8. The number of carbonyl (C=O) groups is 2. The van der Waals surface area contributed by atoms with E-state index in [9.17, 15) is 9.59 Å². The van der Waals surface area contributed by atoms with E-state index in [0.29, 0.717) is 12.5 Å². The smallest absolute Gasteiger partial charge is 0.229 e. The summed E-state index contributed by atoms with van der Waals surface area (Å²) in [6, 6.07) is 14.0. The average Bonchev–Trinajstić information content (AvgIpc) is 3.06. The number of nitrogens with one attached hydrogen (secondary N) is 1. The summed E-state index contributed by atoms with van der Waals surface area (Å²) in [7, 11) is 0. The Balaban J connectivity index is 1.66. The number of hydrogen-bond acceptors (Lipinski definition) is 2. The lowest BCUT2D eigenvalue weighted by molar-refractivity contribution is -0.122. The molecule has 142 valence electrons. The van der Waals surface area contributed by atoms with Crippen LogP contribution < -0.4 is 10.2 Å². The van der Waals surface area contributed by atoms with E-state index >= 15 is 0 Å². The highest BCUT2D eigenvalue weighted by Crippen LogP contribution is 2.28. The van der Waals surface area contributed by atoms with E-state index in [0.717, 1.165) is 23.4 Å². The van der Waals surface area contributed by atoms with Crippen LogP contribution in [0.1, 0.15) is 49.3 Å². The second-order valence-electron chi connectivity index (χ2n) is 7.59. The van der Waals surface area contributed by atoms with Crippen LogP contribution >= 0.6 is 0 Å². The molecule has 4 nitrogen and oxygen atoms in total. The van der Waals surface area contributed by atoms with Crippen LogP contribution in [-0.4, -0.2) is 18.4 Å². The summed E-state index contributed by atoms with van der Waals surface area (Å²) in [5.74, 6) is 0.0959. The maximum Gasteiger partial charge on any atom is 0.229 e. The average molecular weight is 364 g/mol. The fraction of sp³-hybridized carbons (Fsp3) is 0.391. The Bertz CT molecular complexity index is 842. The van der Waals surface area contributed by atoms with E-state index in [4.69, 9.17) is 0 Å². The Hall–Kier alpha value is -2.62. The van der Waals surface area contributed by atoms with Crippen molar-refractivity contribution in [3.05, 3.63) is 59.2 Å². The molecule has 0 unspecified atom stereocenters. The van der Waals surface area contributed by atoms with Crippen molar-refractivity contribution in [2.45, 2.75) is 46.5 Å². The predicted molar refractivity (Wildman–Crippen MR) is 110 cm³/mol. The van der Waals surface area contributed by atoms with Crippen LogP contribution in [0.4, 0.5) is 11.4 Å².